The molecule has 1 N–H and O–H groups in total. The molecule has 2 rings (SSSR count). The van der Waals surface area contributed by atoms with Crippen LogP contribution in [0.2, 0.25) is 5.02 Å². The van der Waals surface area contributed by atoms with E-state index in [1.165, 1.54) is 29.6 Å². The molecule has 0 saturated carbocycles. The van der Waals surface area contributed by atoms with E-state index in [2.05, 4.69) is 5.32 Å². The molecule has 1 aromatic rings. The van der Waals surface area contributed by atoms with Crippen LogP contribution in [0.4, 0.5) is 0 Å². The lowest BCUT2D eigenvalue weighted by atomic mass is 9.98. The van der Waals surface area contributed by atoms with E-state index >= 15 is 0 Å². The van der Waals surface area contributed by atoms with Crippen LogP contribution in [0, 0.1) is 5.92 Å². The number of carbonyl (C=O) groups is 1. The molecular formula is C16H23ClN2O4S. The average Bonchev–Trinajstić information content (AvgIpc) is 2.54. The molecule has 6 nitrogen and oxygen atoms in total. The third-order valence-electron chi connectivity index (χ3n) is 3.95. The van der Waals surface area contributed by atoms with Gasteiger partial charge in [0.1, 0.15) is 5.75 Å². The van der Waals surface area contributed by atoms with Crippen LogP contribution >= 0.6 is 11.6 Å². The molecule has 8 heteroatoms. The third-order valence-corrected chi connectivity index (χ3v) is 6.10. The Morgan fingerprint density at radius 2 is 2.12 bits per heavy atom. The molecule has 0 bridgehead atoms. The molecule has 134 valence electrons. The van der Waals surface area contributed by atoms with Crippen molar-refractivity contribution in [2.75, 3.05) is 20.2 Å². The highest BCUT2D eigenvalue weighted by molar-refractivity contribution is 7.89. The second-order valence-corrected chi connectivity index (χ2v) is 8.51. The van der Waals surface area contributed by atoms with Crippen LogP contribution in [0.25, 0.3) is 0 Å². The van der Waals surface area contributed by atoms with Crippen LogP contribution in [-0.2, 0) is 14.8 Å². The highest BCUT2D eigenvalue weighted by Crippen LogP contribution is 2.30. The van der Waals surface area contributed by atoms with Gasteiger partial charge in [0.2, 0.25) is 15.9 Å². The van der Waals surface area contributed by atoms with E-state index < -0.39 is 10.0 Å². The van der Waals surface area contributed by atoms with E-state index in [0.29, 0.717) is 25.1 Å². The first-order valence-corrected chi connectivity index (χ1v) is 9.71. The molecule has 1 fully saturated rings. The van der Waals surface area contributed by atoms with E-state index in [-0.39, 0.29) is 34.3 Å². The van der Waals surface area contributed by atoms with Crippen LogP contribution in [0.1, 0.15) is 26.7 Å². The Morgan fingerprint density at radius 3 is 2.71 bits per heavy atom. The fourth-order valence-corrected chi connectivity index (χ4v) is 4.61. The zero-order chi connectivity index (χ0) is 17.9. The number of rotatable bonds is 5. The Bertz CT molecular complexity index is 706. The van der Waals surface area contributed by atoms with Gasteiger partial charge in [-0.3, -0.25) is 4.79 Å². The summed E-state index contributed by atoms with van der Waals surface area (Å²) in [5, 5.41) is 3.09. The van der Waals surface area contributed by atoms with Crippen LogP contribution in [-0.4, -0.2) is 44.9 Å². The zero-order valence-corrected chi connectivity index (χ0v) is 15.7. The minimum Gasteiger partial charge on any atom is -0.495 e. The molecular weight excluding hydrogens is 352 g/mol. The molecule has 1 saturated heterocycles. The third kappa shape index (κ3) is 4.20. The van der Waals surface area contributed by atoms with Crippen LogP contribution in [0.5, 0.6) is 5.75 Å². The van der Waals surface area contributed by atoms with Gasteiger partial charge in [0.15, 0.2) is 0 Å². The minimum absolute atomic E-state index is 0.0323. The number of methoxy groups -OCH3 is 1. The van der Waals surface area contributed by atoms with Gasteiger partial charge in [0.25, 0.3) is 0 Å². The van der Waals surface area contributed by atoms with E-state index in [9.17, 15) is 13.2 Å². The van der Waals surface area contributed by atoms with Gasteiger partial charge >= 0.3 is 0 Å². The van der Waals surface area contributed by atoms with E-state index in [1.54, 1.807) is 0 Å². The van der Waals surface area contributed by atoms with Crippen molar-refractivity contribution < 1.29 is 17.9 Å². The molecule has 1 amide bonds. The first-order chi connectivity index (χ1) is 11.3. The number of hydrogen-bond acceptors (Lipinski definition) is 4. The van der Waals surface area contributed by atoms with Crippen molar-refractivity contribution >= 4 is 27.5 Å². The molecule has 1 aliphatic rings. The first-order valence-electron chi connectivity index (χ1n) is 7.89. The number of nitrogens with one attached hydrogen (secondary N) is 1. The number of piperidine rings is 1. The Hall–Kier alpha value is -1.31. The van der Waals surface area contributed by atoms with E-state index in [1.807, 2.05) is 13.8 Å². The summed E-state index contributed by atoms with van der Waals surface area (Å²) in [4.78, 5) is 12.3. The smallest absolute Gasteiger partial charge is 0.243 e. The Balaban J connectivity index is 2.19. The van der Waals surface area contributed by atoms with E-state index in [4.69, 9.17) is 16.3 Å². The van der Waals surface area contributed by atoms with Crippen molar-refractivity contribution in [3.63, 3.8) is 0 Å². The van der Waals surface area contributed by atoms with Crippen molar-refractivity contribution in [3.05, 3.63) is 23.2 Å². The summed E-state index contributed by atoms with van der Waals surface area (Å²) >= 11 is 6.04. The van der Waals surface area contributed by atoms with Gasteiger partial charge in [-0.15, -0.1) is 0 Å². The van der Waals surface area contributed by atoms with Crippen LogP contribution < -0.4 is 10.1 Å². The fraction of sp³-hybridized carbons (Fsp3) is 0.562. The standard InChI is InChI=1S/C16H23ClN2O4S/c1-11(2)18-16(20)12-5-4-8-19(10-12)24(21,22)13-6-7-15(23-3)14(17)9-13/h6-7,9,11-12H,4-5,8,10H2,1-3H3,(H,18,20). The lowest BCUT2D eigenvalue weighted by Crippen LogP contribution is -2.46. The molecule has 1 atom stereocenters. The van der Waals surface area contributed by atoms with Crippen molar-refractivity contribution in [3.8, 4) is 5.75 Å². The number of halogens is 1. The second-order valence-electron chi connectivity index (χ2n) is 6.16. The van der Waals surface area contributed by atoms with Crippen molar-refractivity contribution in [2.24, 2.45) is 5.92 Å². The van der Waals surface area contributed by atoms with Gasteiger partial charge in [0, 0.05) is 19.1 Å². The topological polar surface area (TPSA) is 75.7 Å². The van der Waals surface area contributed by atoms with E-state index in [0.717, 1.165) is 0 Å². The Labute approximate surface area is 148 Å². The van der Waals surface area contributed by atoms with Gasteiger partial charge in [-0.2, -0.15) is 4.31 Å². The largest absolute Gasteiger partial charge is 0.495 e. The van der Waals surface area contributed by atoms with Crippen LogP contribution in [0.3, 0.4) is 0 Å². The number of ether oxygens (including phenoxy) is 1. The number of sulfonamides is 1. The molecule has 1 aliphatic heterocycles. The van der Waals surface area contributed by atoms with Gasteiger partial charge in [0.05, 0.1) is 22.9 Å². The summed E-state index contributed by atoms with van der Waals surface area (Å²) < 4.78 is 32.1. The van der Waals surface area contributed by atoms with Gasteiger partial charge in [-0.1, -0.05) is 11.6 Å². The first kappa shape index (κ1) is 19.0. The van der Waals surface area contributed by atoms with Gasteiger partial charge in [-0.25, -0.2) is 8.42 Å². The SMILES string of the molecule is COc1ccc(S(=O)(=O)N2CCCC(C(=O)NC(C)C)C2)cc1Cl. The quantitative estimate of drug-likeness (QED) is 0.857. The Morgan fingerprint density at radius 1 is 1.42 bits per heavy atom. The van der Waals surface area contributed by atoms with Crippen LogP contribution in [0.15, 0.2) is 23.1 Å². The summed E-state index contributed by atoms with van der Waals surface area (Å²) in [6.45, 7) is 4.35. The number of nitrogens with zero attached hydrogens (tertiary/aromatic N) is 1. The molecule has 0 aromatic heterocycles. The molecule has 1 unspecified atom stereocenters. The van der Waals surface area contributed by atoms with Gasteiger partial charge in [-0.05, 0) is 44.9 Å². The maximum atomic E-state index is 12.8. The minimum atomic E-state index is -3.69. The summed E-state index contributed by atoms with van der Waals surface area (Å²) in [6.07, 6.45) is 1.34. The molecule has 0 spiro atoms. The van der Waals surface area contributed by atoms with Gasteiger partial charge < -0.3 is 10.1 Å². The number of carbonyl (C=O) groups excluding carboxylic acids is 1. The molecule has 1 heterocycles. The lowest BCUT2D eigenvalue weighted by Gasteiger charge is -2.31. The number of amides is 1. The predicted molar refractivity (Wildman–Crippen MR) is 92.8 cm³/mol. The molecule has 0 radical (unpaired) electrons. The highest BCUT2D eigenvalue weighted by atomic mass is 35.5. The zero-order valence-electron chi connectivity index (χ0n) is 14.1. The molecule has 24 heavy (non-hydrogen) atoms. The Kier molecular flexibility index (Phi) is 6.11. The summed E-state index contributed by atoms with van der Waals surface area (Å²) in [7, 11) is -2.22. The van der Waals surface area contributed by atoms with Crippen molar-refractivity contribution in [1.29, 1.82) is 0 Å². The molecule has 0 aliphatic carbocycles. The highest BCUT2D eigenvalue weighted by Gasteiger charge is 2.33. The van der Waals surface area contributed by atoms with Crippen molar-refractivity contribution in [2.45, 2.75) is 37.6 Å². The second kappa shape index (κ2) is 7.72. The summed E-state index contributed by atoms with van der Waals surface area (Å²) in [5.41, 5.74) is 0. The number of hydrogen-bond donors (Lipinski definition) is 1. The average molecular weight is 375 g/mol. The normalized spacial score (nSPS) is 19.3. The van der Waals surface area contributed by atoms with Crippen molar-refractivity contribution in [1.82, 2.24) is 9.62 Å². The monoisotopic (exact) mass is 374 g/mol. The number of benzene rings is 1. The summed E-state index contributed by atoms with van der Waals surface area (Å²) in [5.74, 6) is -0.00856. The predicted octanol–water partition coefficient (Wildman–Crippen LogP) is 2.27. The fourth-order valence-electron chi connectivity index (χ4n) is 2.73. The maximum Gasteiger partial charge on any atom is 0.243 e. The lowest BCUT2D eigenvalue weighted by molar-refractivity contribution is -0.126. The maximum absolute atomic E-state index is 12.8. The molecule has 1 aromatic carbocycles. The summed E-state index contributed by atoms with van der Waals surface area (Å²) in [6, 6.07) is 4.41.